The second-order valence-electron chi connectivity index (χ2n) is 2.92. The van der Waals surface area contributed by atoms with Crippen LogP contribution in [-0.4, -0.2) is 9.66 Å². The monoisotopic (exact) mass is 209 g/mol. The molecule has 1 aromatic carbocycles. The van der Waals surface area contributed by atoms with Crippen molar-refractivity contribution in [3.8, 4) is 0 Å². The molecule has 0 saturated carbocycles. The minimum atomic E-state index is -0.563. The maximum Gasteiger partial charge on any atom is 0.281 e. The fourth-order valence-electron chi connectivity index (χ4n) is 1.27. The molecular formula is C8H8FN5O. The summed E-state index contributed by atoms with van der Waals surface area (Å²) in [5.74, 6) is 9.99. The molecule has 78 valence electrons. The van der Waals surface area contributed by atoms with E-state index in [0.29, 0.717) is 5.52 Å². The quantitative estimate of drug-likeness (QED) is 0.436. The highest BCUT2D eigenvalue weighted by Gasteiger charge is 2.08. The molecule has 0 radical (unpaired) electrons. The molecular weight excluding hydrogens is 201 g/mol. The lowest BCUT2D eigenvalue weighted by molar-refractivity contribution is 0.629. The zero-order chi connectivity index (χ0) is 11.0. The minimum Gasteiger partial charge on any atom is -0.333 e. The normalized spacial score (nSPS) is 10.5. The van der Waals surface area contributed by atoms with Crippen molar-refractivity contribution < 1.29 is 4.39 Å². The molecule has 0 atom stereocenters. The first-order valence-corrected chi connectivity index (χ1v) is 4.07. The third-order valence-corrected chi connectivity index (χ3v) is 1.99. The van der Waals surface area contributed by atoms with Crippen molar-refractivity contribution in [3.63, 3.8) is 0 Å². The van der Waals surface area contributed by atoms with Crippen LogP contribution in [0.1, 0.15) is 0 Å². The Balaban J connectivity index is 2.91. The van der Waals surface area contributed by atoms with Gasteiger partial charge in [-0.1, -0.05) is 0 Å². The van der Waals surface area contributed by atoms with E-state index in [1.54, 1.807) is 0 Å². The molecule has 0 fully saturated rings. The highest BCUT2D eigenvalue weighted by Crippen LogP contribution is 2.10. The maximum absolute atomic E-state index is 12.9. The molecule has 1 aromatic heterocycles. The van der Waals surface area contributed by atoms with Gasteiger partial charge in [-0.25, -0.2) is 15.2 Å². The van der Waals surface area contributed by atoms with Gasteiger partial charge in [-0.2, -0.15) is 4.68 Å². The van der Waals surface area contributed by atoms with Gasteiger partial charge in [-0.05, 0) is 18.2 Å². The molecule has 0 aliphatic rings. The van der Waals surface area contributed by atoms with Gasteiger partial charge in [-0.15, -0.1) is 0 Å². The summed E-state index contributed by atoms with van der Waals surface area (Å²) in [6, 6.07) is 3.66. The van der Waals surface area contributed by atoms with Gasteiger partial charge >= 0.3 is 0 Å². The van der Waals surface area contributed by atoms with Crippen molar-refractivity contribution in [2.45, 2.75) is 0 Å². The van der Waals surface area contributed by atoms with E-state index in [9.17, 15) is 9.18 Å². The summed E-state index contributed by atoms with van der Waals surface area (Å²) in [6.45, 7) is 0. The summed E-state index contributed by atoms with van der Waals surface area (Å²) in [4.78, 5) is 15.5. The van der Waals surface area contributed by atoms with Crippen LogP contribution in [0, 0.1) is 5.82 Å². The van der Waals surface area contributed by atoms with E-state index in [4.69, 9.17) is 11.7 Å². The lowest BCUT2D eigenvalue weighted by Gasteiger charge is -2.06. The molecule has 0 amide bonds. The third-order valence-electron chi connectivity index (χ3n) is 1.99. The van der Waals surface area contributed by atoms with Crippen LogP contribution in [0.4, 0.5) is 10.3 Å². The number of nitrogens with zero attached hydrogens (tertiary/aromatic N) is 2. The Morgan fingerprint density at radius 2 is 2.20 bits per heavy atom. The number of halogens is 1. The van der Waals surface area contributed by atoms with E-state index in [-0.39, 0.29) is 11.3 Å². The number of fused-ring (bicyclic) bond motifs is 1. The first-order valence-electron chi connectivity index (χ1n) is 4.07. The molecule has 15 heavy (non-hydrogen) atoms. The molecule has 5 N–H and O–H groups in total. The van der Waals surface area contributed by atoms with E-state index in [2.05, 4.69) is 10.4 Å². The lowest BCUT2D eigenvalue weighted by atomic mass is 10.2. The van der Waals surface area contributed by atoms with Crippen LogP contribution in [-0.2, 0) is 0 Å². The van der Waals surface area contributed by atoms with Gasteiger partial charge in [0.1, 0.15) is 5.82 Å². The summed E-state index contributed by atoms with van der Waals surface area (Å²) in [5, 5.41) is 0.108. The van der Waals surface area contributed by atoms with Crippen molar-refractivity contribution >= 4 is 16.9 Å². The summed E-state index contributed by atoms with van der Waals surface area (Å²) < 4.78 is 13.6. The SMILES string of the molecule is NNc1nc2ccc(F)cc2c(=O)n1N. The van der Waals surface area contributed by atoms with Crippen LogP contribution in [0.5, 0.6) is 0 Å². The molecule has 0 aliphatic carbocycles. The molecule has 6 nitrogen and oxygen atoms in total. The summed E-state index contributed by atoms with van der Waals surface area (Å²) >= 11 is 0. The first-order chi connectivity index (χ1) is 7.13. The van der Waals surface area contributed by atoms with Crippen molar-refractivity contribution in [1.29, 1.82) is 0 Å². The third kappa shape index (κ3) is 1.38. The molecule has 7 heteroatoms. The number of hydrazine groups is 1. The molecule has 0 spiro atoms. The second kappa shape index (κ2) is 3.21. The molecule has 0 saturated heterocycles. The average Bonchev–Trinajstić information content (AvgIpc) is 2.24. The number of benzene rings is 1. The van der Waals surface area contributed by atoms with Crippen molar-refractivity contribution in [1.82, 2.24) is 9.66 Å². The van der Waals surface area contributed by atoms with Gasteiger partial charge < -0.3 is 5.84 Å². The van der Waals surface area contributed by atoms with E-state index in [1.165, 1.54) is 12.1 Å². The van der Waals surface area contributed by atoms with Gasteiger partial charge in [0.25, 0.3) is 5.56 Å². The zero-order valence-electron chi connectivity index (χ0n) is 7.57. The Labute approximate surface area is 83.3 Å². The number of hydrogen-bond acceptors (Lipinski definition) is 5. The van der Waals surface area contributed by atoms with E-state index in [1.807, 2.05) is 0 Å². The molecule has 0 bridgehead atoms. The standard InChI is InChI=1S/C8H8FN5O/c9-4-1-2-6-5(3-4)7(15)14(11)8(12-6)13-10/h1-3H,10-11H2,(H,12,13). The fourth-order valence-corrected chi connectivity index (χ4v) is 1.27. The maximum atomic E-state index is 12.9. The van der Waals surface area contributed by atoms with Crippen molar-refractivity contribution in [2.24, 2.45) is 5.84 Å². The first kappa shape index (κ1) is 9.41. The van der Waals surface area contributed by atoms with Crippen molar-refractivity contribution in [2.75, 3.05) is 11.3 Å². The number of hydrogen-bond donors (Lipinski definition) is 3. The number of nitrogens with two attached hydrogens (primary N) is 2. The van der Waals surface area contributed by atoms with Gasteiger partial charge in [0, 0.05) is 0 Å². The highest BCUT2D eigenvalue weighted by atomic mass is 19.1. The largest absolute Gasteiger partial charge is 0.333 e. The number of nitrogen functional groups attached to an aromatic ring is 2. The molecule has 0 aliphatic heterocycles. The number of rotatable bonds is 1. The van der Waals surface area contributed by atoms with E-state index >= 15 is 0 Å². The van der Waals surface area contributed by atoms with Crippen LogP contribution >= 0.6 is 0 Å². The van der Waals surface area contributed by atoms with Crippen LogP contribution in [0.25, 0.3) is 10.9 Å². The van der Waals surface area contributed by atoms with Gasteiger partial charge in [-0.3, -0.25) is 10.2 Å². The smallest absolute Gasteiger partial charge is 0.281 e. The van der Waals surface area contributed by atoms with Crippen LogP contribution < -0.4 is 22.7 Å². The number of anilines is 1. The molecule has 1 heterocycles. The Hall–Kier alpha value is -2.15. The van der Waals surface area contributed by atoms with Crippen LogP contribution in [0.2, 0.25) is 0 Å². The Morgan fingerprint density at radius 1 is 1.47 bits per heavy atom. The fraction of sp³-hybridized carbons (Fsp3) is 0. The minimum absolute atomic E-state index is 0.0131. The van der Waals surface area contributed by atoms with Crippen LogP contribution in [0.15, 0.2) is 23.0 Å². The van der Waals surface area contributed by atoms with Crippen LogP contribution in [0.3, 0.4) is 0 Å². The molecule has 0 unspecified atom stereocenters. The number of aromatic nitrogens is 2. The molecule has 2 aromatic rings. The summed E-state index contributed by atoms with van der Waals surface area (Å²) in [7, 11) is 0. The second-order valence-corrected chi connectivity index (χ2v) is 2.92. The summed E-state index contributed by atoms with van der Waals surface area (Å²) in [5.41, 5.74) is 1.94. The molecule has 2 rings (SSSR count). The predicted octanol–water partition coefficient (Wildman–Crippen LogP) is -0.465. The lowest BCUT2D eigenvalue weighted by Crippen LogP contribution is -2.32. The van der Waals surface area contributed by atoms with Gasteiger partial charge in [0.15, 0.2) is 0 Å². The predicted molar refractivity (Wildman–Crippen MR) is 53.9 cm³/mol. The Morgan fingerprint density at radius 3 is 2.87 bits per heavy atom. The highest BCUT2D eigenvalue weighted by molar-refractivity contribution is 5.78. The summed E-state index contributed by atoms with van der Waals surface area (Å²) in [6.07, 6.45) is 0. The van der Waals surface area contributed by atoms with E-state index in [0.717, 1.165) is 10.7 Å². The van der Waals surface area contributed by atoms with Gasteiger partial charge in [0.2, 0.25) is 5.95 Å². The number of nitrogens with one attached hydrogen (secondary N) is 1. The Kier molecular flexibility index (Phi) is 2.01. The Bertz CT molecular complexity index is 579. The topological polar surface area (TPSA) is 99.0 Å². The van der Waals surface area contributed by atoms with Gasteiger partial charge in [0.05, 0.1) is 10.9 Å². The van der Waals surface area contributed by atoms with E-state index < -0.39 is 11.4 Å². The van der Waals surface area contributed by atoms with Crippen molar-refractivity contribution in [3.05, 3.63) is 34.4 Å². The zero-order valence-corrected chi connectivity index (χ0v) is 7.57. The average molecular weight is 209 g/mol.